The lowest BCUT2D eigenvalue weighted by Crippen LogP contribution is -2.29. The molecule has 0 spiro atoms. The van der Waals surface area contributed by atoms with Crippen molar-refractivity contribution >= 4 is 30.1 Å². The Labute approximate surface area is 179 Å². The van der Waals surface area contributed by atoms with Gasteiger partial charge in [0.1, 0.15) is 24.7 Å². The zero-order chi connectivity index (χ0) is 22.6. The molecule has 1 unspecified atom stereocenters. The molecule has 0 aliphatic carbocycles. The fourth-order valence-electron chi connectivity index (χ4n) is 2.25. The van der Waals surface area contributed by atoms with Crippen molar-refractivity contribution < 1.29 is 38.8 Å². The van der Waals surface area contributed by atoms with Crippen LogP contribution in [0.4, 0.5) is 0 Å². The fourth-order valence-corrected chi connectivity index (χ4v) is 2.25. The molecule has 1 atom stereocenters. The second kappa shape index (κ2) is 11.8. The van der Waals surface area contributed by atoms with Crippen LogP contribution in [0, 0.1) is 0 Å². The van der Waals surface area contributed by atoms with Crippen LogP contribution in [0.3, 0.4) is 0 Å². The van der Waals surface area contributed by atoms with E-state index in [0.717, 1.165) is 0 Å². The quantitative estimate of drug-likeness (QED) is 0.357. The second-order valence-electron chi connectivity index (χ2n) is 6.34. The number of ether oxygens (including phenoxy) is 3. The van der Waals surface area contributed by atoms with E-state index in [9.17, 15) is 24.6 Å². The van der Waals surface area contributed by atoms with E-state index in [1.54, 1.807) is 24.3 Å². The van der Waals surface area contributed by atoms with Crippen molar-refractivity contribution in [3.63, 3.8) is 0 Å². The van der Waals surface area contributed by atoms with Gasteiger partial charge >= 0.3 is 17.9 Å². The minimum Gasteiger partial charge on any atom is -0.508 e. The zero-order valence-electron chi connectivity index (χ0n) is 16.8. The van der Waals surface area contributed by atoms with Crippen molar-refractivity contribution in [2.45, 2.75) is 13.0 Å². The summed E-state index contributed by atoms with van der Waals surface area (Å²) in [5.41, 5.74) is 1.34. The molecule has 0 saturated heterocycles. The molecule has 8 heteroatoms. The number of benzene rings is 2. The monoisotopic (exact) mass is 426 g/mol. The summed E-state index contributed by atoms with van der Waals surface area (Å²) >= 11 is 0. The van der Waals surface area contributed by atoms with E-state index in [0.29, 0.717) is 11.1 Å². The van der Waals surface area contributed by atoms with Crippen LogP contribution in [-0.2, 0) is 28.6 Å². The number of phenols is 2. The summed E-state index contributed by atoms with van der Waals surface area (Å²) in [5.74, 6) is -1.77. The van der Waals surface area contributed by atoms with E-state index < -0.39 is 24.0 Å². The van der Waals surface area contributed by atoms with Crippen molar-refractivity contribution in [3.05, 3.63) is 71.8 Å². The van der Waals surface area contributed by atoms with E-state index in [-0.39, 0.29) is 24.7 Å². The molecule has 0 saturated carbocycles. The van der Waals surface area contributed by atoms with Gasteiger partial charge in [-0.25, -0.2) is 9.59 Å². The molecule has 8 nitrogen and oxygen atoms in total. The third-order valence-electron chi connectivity index (χ3n) is 3.78. The van der Waals surface area contributed by atoms with Crippen molar-refractivity contribution in [2.75, 3.05) is 13.2 Å². The number of aromatic hydroxyl groups is 2. The normalized spacial score (nSPS) is 11.9. The predicted octanol–water partition coefficient (Wildman–Crippen LogP) is 2.84. The minimum absolute atomic E-state index is 0.0995. The molecular weight excluding hydrogens is 404 g/mol. The van der Waals surface area contributed by atoms with Gasteiger partial charge in [-0.2, -0.15) is 0 Å². The summed E-state index contributed by atoms with van der Waals surface area (Å²) in [5, 5.41) is 18.5. The highest BCUT2D eigenvalue weighted by Gasteiger charge is 2.17. The van der Waals surface area contributed by atoms with E-state index in [4.69, 9.17) is 14.2 Å². The van der Waals surface area contributed by atoms with Gasteiger partial charge in [-0.05, 0) is 47.5 Å². The Balaban J connectivity index is 1.90. The number of hydrogen-bond acceptors (Lipinski definition) is 8. The Hall–Kier alpha value is -4.07. The highest BCUT2D eigenvalue weighted by Crippen LogP contribution is 2.12. The molecule has 162 valence electrons. The van der Waals surface area contributed by atoms with E-state index in [1.165, 1.54) is 55.5 Å². The number of phenolic OH excluding ortho intramolecular Hbond substituents is 2. The molecule has 0 aliphatic rings. The van der Waals surface area contributed by atoms with Crippen LogP contribution >= 0.6 is 0 Å². The molecule has 0 fully saturated rings. The van der Waals surface area contributed by atoms with E-state index in [2.05, 4.69) is 0 Å². The topological polar surface area (TPSA) is 119 Å². The van der Waals surface area contributed by atoms with Crippen LogP contribution < -0.4 is 0 Å². The Morgan fingerprint density at radius 1 is 0.774 bits per heavy atom. The fraction of sp³-hybridized carbons (Fsp3) is 0.174. The summed E-state index contributed by atoms with van der Waals surface area (Å²) in [4.78, 5) is 35.0. The van der Waals surface area contributed by atoms with Gasteiger partial charge in [-0.1, -0.05) is 24.3 Å². The average Bonchev–Trinajstić information content (AvgIpc) is 2.74. The van der Waals surface area contributed by atoms with Crippen LogP contribution in [0.2, 0.25) is 0 Å². The maximum Gasteiger partial charge on any atom is 0.331 e. The zero-order valence-corrected chi connectivity index (χ0v) is 16.8. The second-order valence-corrected chi connectivity index (χ2v) is 6.34. The van der Waals surface area contributed by atoms with Gasteiger partial charge in [-0.15, -0.1) is 0 Å². The molecule has 0 aliphatic heterocycles. The maximum absolute atomic E-state index is 12.0. The van der Waals surface area contributed by atoms with Gasteiger partial charge in [0.2, 0.25) is 0 Å². The van der Waals surface area contributed by atoms with Crippen LogP contribution in [0.15, 0.2) is 60.7 Å². The third kappa shape index (κ3) is 9.31. The van der Waals surface area contributed by atoms with Crippen LogP contribution in [0.5, 0.6) is 11.5 Å². The molecule has 0 radical (unpaired) electrons. The SMILES string of the molecule is CC(=O)OCC(COC(=O)/C=C/c1ccc(O)cc1)OC(=O)/C=C/c1ccc(O)cc1. The van der Waals surface area contributed by atoms with Crippen molar-refractivity contribution in [3.8, 4) is 11.5 Å². The number of rotatable bonds is 9. The van der Waals surface area contributed by atoms with Crippen LogP contribution in [0.1, 0.15) is 18.1 Å². The smallest absolute Gasteiger partial charge is 0.331 e. The van der Waals surface area contributed by atoms with Gasteiger partial charge in [0.25, 0.3) is 0 Å². The minimum atomic E-state index is -0.994. The lowest BCUT2D eigenvalue weighted by molar-refractivity contribution is -0.161. The van der Waals surface area contributed by atoms with Gasteiger partial charge < -0.3 is 24.4 Å². The van der Waals surface area contributed by atoms with Crippen LogP contribution in [-0.4, -0.2) is 47.4 Å². The molecular formula is C23H22O8. The highest BCUT2D eigenvalue weighted by atomic mass is 16.6. The summed E-state index contributed by atoms with van der Waals surface area (Å²) in [7, 11) is 0. The number of carbonyl (C=O) groups is 3. The first kappa shape index (κ1) is 23.2. The molecule has 0 amide bonds. The predicted molar refractivity (Wildman–Crippen MR) is 112 cm³/mol. The molecule has 2 rings (SSSR count). The number of esters is 3. The van der Waals surface area contributed by atoms with Crippen molar-refractivity contribution in [1.82, 2.24) is 0 Å². The third-order valence-corrected chi connectivity index (χ3v) is 3.78. The van der Waals surface area contributed by atoms with Crippen molar-refractivity contribution in [1.29, 1.82) is 0 Å². The van der Waals surface area contributed by atoms with E-state index in [1.807, 2.05) is 0 Å². The Morgan fingerprint density at radius 3 is 1.71 bits per heavy atom. The summed E-state index contributed by atoms with van der Waals surface area (Å²) < 4.78 is 15.1. The average molecular weight is 426 g/mol. The summed E-state index contributed by atoms with van der Waals surface area (Å²) in [6.07, 6.45) is 4.33. The number of carbonyl (C=O) groups excluding carboxylic acids is 3. The Bertz CT molecular complexity index is 943. The van der Waals surface area contributed by atoms with Gasteiger partial charge in [0.15, 0.2) is 6.10 Å². The van der Waals surface area contributed by atoms with Gasteiger partial charge in [0.05, 0.1) is 0 Å². The lowest BCUT2D eigenvalue weighted by atomic mass is 10.2. The molecule has 0 aromatic heterocycles. The lowest BCUT2D eigenvalue weighted by Gasteiger charge is -2.16. The largest absolute Gasteiger partial charge is 0.508 e. The highest BCUT2D eigenvalue weighted by molar-refractivity contribution is 5.88. The maximum atomic E-state index is 12.0. The molecule has 2 aromatic rings. The summed E-state index contributed by atoms with van der Waals surface area (Å²) in [6, 6.07) is 12.3. The first-order valence-electron chi connectivity index (χ1n) is 9.27. The number of hydrogen-bond donors (Lipinski definition) is 2. The van der Waals surface area contributed by atoms with E-state index >= 15 is 0 Å². The molecule has 0 heterocycles. The van der Waals surface area contributed by atoms with Crippen LogP contribution in [0.25, 0.3) is 12.2 Å². The molecule has 31 heavy (non-hydrogen) atoms. The standard InChI is InChI=1S/C23H22O8/c1-16(24)29-14-21(31-23(28)13-7-18-4-10-20(26)11-5-18)15-30-22(27)12-6-17-2-8-19(25)9-3-17/h2-13,21,25-26H,14-15H2,1H3/b12-6+,13-7+. The summed E-state index contributed by atoms with van der Waals surface area (Å²) in [6.45, 7) is 0.615. The first-order chi connectivity index (χ1) is 14.8. The first-order valence-corrected chi connectivity index (χ1v) is 9.27. The molecule has 0 bridgehead atoms. The molecule has 2 aromatic carbocycles. The Kier molecular flexibility index (Phi) is 8.85. The van der Waals surface area contributed by atoms with Crippen molar-refractivity contribution in [2.24, 2.45) is 0 Å². The molecule has 2 N–H and O–H groups in total. The Morgan fingerprint density at radius 2 is 1.23 bits per heavy atom. The van der Waals surface area contributed by atoms with Gasteiger partial charge in [-0.3, -0.25) is 4.79 Å². The van der Waals surface area contributed by atoms with Gasteiger partial charge in [0, 0.05) is 19.1 Å².